The van der Waals surface area contributed by atoms with E-state index in [9.17, 15) is 19.5 Å². The van der Waals surface area contributed by atoms with Gasteiger partial charge in [0.2, 0.25) is 5.91 Å². The van der Waals surface area contributed by atoms with Crippen molar-refractivity contribution in [2.75, 3.05) is 0 Å². The van der Waals surface area contributed by atoms with E-state index in [0.717, 1.165) is 5.56 Å². The highest BCUT2D eigenvalue weighted by molar-refractivity contribution is 7.12. The summed E-state index contributed by atoms with van der Waals surface area (Å²) in [6.07, 6.45) is 0.538. The molecule has 0 unspecified atom stereocenters. The van der Waals surface area contributed by atoms with E-state index in [1.54, 1.807) is 12.3 Å². The third kappa shape index (κ3) is 2.48. The van der Waals surface area contributed by atoms with Crippen molar-refractivity contribution in [2.45, 2.75) is 32.0 Å². The Morgan fingerprint density at radius 3 is 2.50 bits per heavy atom. The molecule has 2 saturated heterocycles. The first-order valence-electron chi connectivity index (χ1n) is 7.01. The van der Waals surface area contributed by atoms with Crippen molar-refractivity contribution in [3.05, 3.63) is 21.9 Å². The fraction of sp³-hybridized carbons (Fsp3) is 0.500. The topological polar surface area (TPSA) is 105 Å². The monoisotopic (exact) mass is 324 g/mol. The molecule has 22 heavy (non-hydrogen) atoms. The summed E-state index contributed by atoms with van der Waals surface area (Å²) in [4.78, 5) is 36.0. The molecule has 0 saturated carbocycles. The van der Waals surface area contributed by atoms with Gasteiger partial charge in [0.25, 0.3) is 5.91 Å². The SMILES string of the molecule is Cc1ccsc1C(=O)NNC(=O)[C@@H]1[C@@H](C(=O)O)[C@H]2CC[C@H]1O2. The highest BCUT2D eigenvalue weighted by Crippen LogP contribution is 2.43. The minimum atomic E-state index is -1.03. The van der Waals surface area contributed by atoms with E-state index < -0.39 is 35.7 Å². The van der Waals surface area contributed by atoms with E-state index in [-0.39, 0.29) is 6.10 Å². The molecule has 2 amide bonds. The summed E-state index contributed by atoms with van der Waals surface area (Å²) in [5.74, 6) is -3.56. The first-order valence-corrected chi connectivity index (χ1v) is 7.89. The molecule has 3 N–H and O–H groups in total. The number of aryl methyl sites for hydroxylation is 1. The van der Waals surface area contributed by atoms with E-state index in [1.807, 2.05) is 6.07 Å². The van der Waals surface area contributed by atoms with Gasteiger partial charge in [0.1, 0.15) is 0 Å². The average Bonchev–Trinajstić information content (AvgIpc) is 3.18. The van der Waals surface area contributed by atoms with Gasteiger partial charge in [-0.05, 0) is 36.8 Å². The Kier molecular flexibility index (Phi) is 3.88. The highest BCUT2D eigenvalue weighted by atomic mass is 32.1. The number of ether oxygens (including phenoxy) is 1. The van der Waals surface area contributed by atoms with Crippen LogP contribution in [0.5, 0.6) is 0 Å². The number of carbonyl (C=O) groups excluding carboxylic acids is 2. The molecule has 0 aromatic carbocycles. The van der Waals surface area contributed by atoms with Crippen LogP contribution in [0.4, 0.5) is 0 Å². The number of nitrogens with one attached hydrogen (secondary N) is 2. The molecular weight excluding hydrogens is 308 g/mol. The smallest absolute Gasteiger partial charge is 0.310 e. The Bertz CT molecular complexity index is 629. The highest BCUT2D eigenvalue weighted by Gasteiger charge is 2.55. The van der Waals surface area contributed by atoms with Gasteiger partial charge in [-0.1, -0.05) is 0 Å². The quantitative estimate of drug-likeness (QED) is 0.710. The van der Waals surface area contributed by atoms with Crippen molar-refractivity contribution in [1.29, 1.82) is 0 Å². The van der Waals surface area contributed by atoms with E-state index in [0.29, 0.717) is 17.7 Å². The summed E-state index contributed by atoms with van der Waals surface area (Å²) in [5.41, 5.74) is 5.50. The molecular formula is C14H16N2O5S. The Morgan fingerprint density at radius 2 is 1.91 bits per heavy atom. The van der Waals surface area contributed by atoms with Gasteiger partial charge in [0.05, 0.1) is 28.9 Å². The molecule has 0 aliphatic carbocycles. The Hall–Kier alpha value is -1.93. The number of amides is 2. The molecule has 2 bridgehead atoms. The maximum atomic E-state index is 12.2. The molecule has 2 aliphatic rings. The summed E-state index contributed by atoms with van der Waals surface area (Å²) < 4.78 is 5.53. The van der Waals surface area contributed by atoms with Gasteiger partial charge < -0.3 is 9.84 Å². The van der Waals surface area contributed by atoms with Crippen LogP contribution in [0.25, 0.3) is 0 Å². The Labute approximate surface area is 130 Å². The van der Waals surface area contributed by atoms with Crippen LogP contribution in [0, 0.1) is 18.8 Å². The number of aliphatic carboxylic acids is 1. The molecule has 118 valence electrons. The van der Waals surface area contributed by atoms with Crippen molar-refractivity contribution in [3.63, 3.8) is 0 Å². The standard InChI is InChI=1S/C14H16N2O5S/c1-6-4-5-22-11(6)13(18)16-15-12(17)9-7-2-3-8(21-7)10(9)14(19)20/h4-5,7-10H,2-3H2,1H3,(H,15,17)(H,16,18)(H,19,20)/t7-,8-,9+,10+/m1/s1. The maximum Gasteiger partial charge on any atom is 0.310 e. The zero-order valence-corrected chi connectivity index (χ0v) is 12.7. The van der Waals surface area contributed by atoms with Crippen LogP contribution in [-0.2, 0) is 14.3 Å². The summed E-state index contributed by atoms with van der Waals surface area (Å²) in [7, 11) is 0. The number of carboxylic acid groups (broad SMARTS) is 1. The predicted molar refractivity (Wildman–Crippen MR) is 77.2 cm³/mol. The van der Waals surface area contributed by atoms with Gasteiger partial charge in [0, 0.05) is 0 Å². The van der Waals surface area contributed by atoms with Crippen molar-refractivity contribution in [3.8, 4) is 0 Å². The summed E-state index contributed by atoms with van der Waals surface area (Å²) in [6, 6.07) is 1.81. The number of rotatable bonds is 3. The van der Waals surface area contributed by atoms with E-state index in [1.165, 1.54) is 11.3 Å². The molecule has 1 aromatic heterocycles. The van der Waals surface area contributed by atoms with Crippen molar-refractivity contribution >= 4 is 29.1 Å². The van der Waals surface area contributed by atoms with Gasteiger partial charge in [-0.2, -0.15) is 0 Å². The third-order valence-electron chi connectivity index (χ3n) is 4.23. The first kappa shape index (κ1) is 15.0. The number of carbonyl (C=O) groups is 3. The largest absolute Gasteiger partial charge is 0.481 e. The molecule has 4 atom stereocenters. The molecule has 3 rings (SSSR count). The zero-order chi connectivity index (χ0) is 15.9. The van der Waals surface area contributed by atoms with Crippen molar-refractivity contribution in [1.82, 2.24) is 10.9 Å². The summed E-state index contributed by atoms with van der Waals surface area (Å²) >= 11 is 1.28. The summed E-state index contributed by atoms with van der Waals surface area (Å²) in [5, 5.41) is 11.1. The number of hydrogen-bond donors (Lipinski definition) is 3. The number of hydrazine groups is 1. The minimum Gasteiger partial charge on any atom is -0.481 e. The zero-order valence-electron chi connectivity index (χ0n) is 11.9. The molecule has 0 spiro atoms. The van der Waals surface area contributed by atoms with Gasteiger partial charge >= 0.3 is 5.97 Å². The van der Waals surface area contributed by atoms with Crippen LogP contribution >= 0.6 is 11.3 Å². The average molecular weight is 324 g/mol. The molecule has 2 aliphatic heterocycles. The molecule has 3 heterocycles. The number of carboxylic acids is 1. The molecule has 8 heteroatoms. The second-order valence-electron chi connectivity index (χ2n) is 5.56. The molecule has 1 aromatic rings. The second kappa shape index (κ2) is 5.69. The second-order valence-corrected chi connectivity index (χ2v) is 6.47. The molecule has 2 fully saturated rings. The lowest BCUT2D eigenvalue weighted by atomic mass is 9.79. The normalized spacial score (nSPS) is 29.3. The van der Waals surface area contributed by atoms with Crippen LogP contribution in [0.1, 0.15) is 28.1 Å². The number of hydrogen-bond acceptors (Lipinski definition) is 5. The van der Waals surface area contributed by atoms with Gasteiger partial charge in [0.15, 0.2) is 0 Å². The number of fused-ring (bicyclic) bond motifs is 2. The van der Waals surface area contributed by atoms with Gasteiger partial charge in [-0.3, -0.25) is 25.2 Å². The fourth-order valence-corrected chi connectivity index (χ4v) is 4.01. The Morgan fingerprint density at radius 1 is 1.23 bits per heavy atom. The maximum absolute atomic E-state index is 12.2. The van der Waals surface area contributed by atoms with E-state index in [4.69, 9.17) is 4.74 Å². The molecule has 0 radical (unpaired) electrons. The van der Waals surface area contributed by atoms with Gasteiger partial charge in [-0.15, -0.1) is 11.3 Å². The van der Waals surface area contributed by atoms with Crippen molar-refractivity contribution in [2.24, 2.45) is 11.8 Å². The van der Waals surface area contributed by atoms with E-state index >= 15 is 0 Å². The van der Waals surface area contributed by atoms with E-state index in [2.05, 4.69) is 10.9 Å². The summed E-state index contributed by atoms with van der Waals surface area (Å²) in [6.45, 7) is 1.80. The lowest BCUT2D eigenvalue weighted by molar-refractivity contribution is -0.148. The lowest BCUT2D eigenvalue weighted by Crippen LogP contribution is -2.50. The van der Waals surface area contributed by atoms with Crippen molar-refractivity contribution < 1.29 is 24.2 Å². The molecule has 7 nitrogen and oxygen atoms in total. The first-order chi connectivity index (χ1) is 10.5. The Balaban J connectivity index is 1.63. The van der Waals surface area contributed by atoms with Crippen LogP contribution in [0.2, 0.25) is 0 Å². The van der Waals surface area contributed by atoms with Gasteiger partial charge in [-0.25, -0.2) is 0 Å². The third-order valence-corrected chi connectivity index (χ3v) is 5.24. The lowest BCUT2D eigenvalue weighted by Gasteiger charge is -2.23. The minimum absolute atomic E-state index is 0.383. The van der Waals surface area contributed by atoms with Crippen LogP contribution < -0.4 is 10.9 Å². The van der Waals surface area contributed by atoms with Crippen LogP contribution in [-0.4, -0.2) is 35.1 Å². The number of thiophene rings is 1. The van der Waals surface area contributed by atoms with Crippen LogP contribution in [0.3, 0.4) is 0 Å². The predicted octanol–water partition coefficient (Wildman–Crippen LogP) is 0.696. The fourth-order valence-electron chi connectivity index (χ4n) is 3.19. The van der Waals surface area contributed by atoms with Crippen LogP contribution in [0.15, 0.2) is 11.4 Å².